The zero-order valence-corrected chi connectivity index (χ0v) is 16.7. The minimum atomic E-state index is -0.112. The van der Waals surface area contributed by atoms with Crippen LogP contribution in [0.25, 0.3) is 0 Å². The van der Waals surface area contributed by atoms with E-state index in [9.17, 15) is 4.79 Å². The van der Waals surface area contributed by atoms with Crippen LogP contribution in [0.3, 0.4) is 0 Å². The molecular weight excluding hydrogens is 386 g/mol. The van der Waals surface area contributed by atoms with Gasteiger partial charge in [-0.15, -0.1) is 0 Å². The number of rotatable bonds is 5. The Morgan fingerprint density at radius 1 is 1.10 bits per heavy atom. The highest BCUT2D eigenvalue weighted by atomic mass is 16.7. The predicted octanol–water partition coefficient (Wildman–Crippen LogP) is 3.15. The fourth-order valence-electron chi connectivity index (χ4n) is 3.97. The molecule has 2 aliphatic heterocycles. The van der Waals surface area contributed by atoms with Crippen molar-refractivity contribution in [2.75, 3.05) is 26.3 Å². The summed E-state index contributed by atoms with van der Waals surface area (Å²) in [4.78, 5) is 12.5. The zero-order valence-electron chi connectivity index (χ0n) is 16.7. The number of hydrogen-bond acceptors (Lipinski definition) is 6. The first kappa shape index (κ1) is 18.4. The number of methoxy groups -OCH3 is 2. The van der Waals surface area contributed by atoms with Gasteiger partial charge in [-0.3, -0.25) is 4.79 Å². The van der Waals surface area contributed by atoms with Crippen LogP contribution in [-0.2, 0) is 11.3 Å². The van der Waals surface area contributed by atoms with Gasteiger partial charge in [-0.05, 0) is 35.4 Å². The van der Waals surface area contributed by atoms with Gasteiger partial charge in [0, 0.05) is 17.9 Å². The lowest BCUT2D eigenvalue weighted by Crippen LogP contribution is -2.25. The van der Waals surface area contributed by atoms with Crippen LogP contribution in [0.15, 0.2) is 42.6 Å². The number of aromatic nitrogens is 2. The largest absolute Gasteiger partial charge is 0.493 e. The van der Waals surface area contributed by atoms with Gasteiger partial charge in [-0.25, -0.2) is 4.68 Å². The van der Waals surface area contributed by atoms with E-state index >= 15 is 0 Å². The van der Waals surface area contributed by atoms with Crippen molar-refractivity contribution in [1.82, 2.24) is 9.78 Å². The summed E-state index contributed by atoms with van der Waals surface area (Å²) in [6, 6.07) is 11.5. The zero-order chi connectivity index (χ0) is 20.7. The topological polar surface area (TPSA) is 83.8 Å². The molecule has 3 aromatic rings. The number of ether oxygens (including phenoxy) is 4. The monoisotopic (exact) mass is 407 g/mol. The Labute approximate surface area is 173 Å². The van der Waals surface area contributed by atoms with Crippen LogP contribution in [0.5, 0.6) is 23.0 Å². The van der Waals surface area contributed by atoms with E-state index in [-0.39, 0.29) is 18.6 Å². The van der Waals surface area contributed by atoms with Crippen molar-refractivity contribution in [2.45, 2.75) is 18.9 Å². The standard InChI is InChI=1S/C22H21N3O5/c1-27-17-6-4-14(8-19(17)28-2)15-9-21(26)24-22-16(15)10-23-25(22)11-13-3-5-18-20(7-13)30-12-29-18/h3-8,10,15H,9,11-12H2,1-2H3,(H,24,26). The van der Waals surface area contributed by atoms with E-state index in [4.69, 9.17) is 18.9 Å². The third-order valence-corrected chi connectivity index (χ3v) is 5.47. The lowest BCUT2D eigenvalue weighted by atomic mass is 9.87. The Morgan fingerprint density at radius 2 is 1.93 bits per heavy atom. The van der Waals surface area contributed by atoms with Crippen molar-refractivity contribution < 1.29 is 23.7 Å². The number of carbonyl (C=O) groups excluding carboxylic acids is 1. The van der Waals surface area contributed by atoms with E-state index in [0.717, 1.165) is 28.2 Å². The van der Waals surface area contributed by atoms with Crippen molar-refractivity contribution in [3.05, 3.63) is 59.3 Å². The second kappa shape index (κ2) is 7.29. The van der Waals surface area contributed by atoms with Crippen molar-refractivity contribution in [1.29, 1.82) is 0 Å². The lowest BCUT2D eigenvalue weighted by Gasteiger charge is -2.24. The summed E-state index contributed by atoms with van der Waals surface area (Å²) < 4.78 is 23.4. The number of anilines is 1. The Bertz CT molecular complexity index is 1120. The van der Waals surface area contributed by atoms with Crippen molar-refractivity contribution in [3.8, 4) is 23.0 Å². The highest BCUT2D eigenvalue weighted by Gasteiger charge is 2.30. The first-order valence-corrected chi connectivity index (χ1v) is 9.62. The average Bonchev–Trinajstić information content (AvgIpc) is 3.39. The molecule has 0 spiro atoms. The summed E-state index contributed by atoms with van der Waals surface area (Å²) in [5.74, 6) is 3.30. The van der Waals surface area contributed by atoms with E-state index in [1.165, 1.54) is 0 Å². The van der Waals surface area contributed by atoms with Crippen LogP contribution in [0.2, 0.25) is 0 Å². The number of amides is 1. The quantitative estimate of drug-likeness (QED) is 0.700. The molecule has 154 valence electrons. The van der Waals surface area contributed by atoms with Gasteiger partial charge in [-0.2, -0.15) is 5.10 Å². The van der Waals surface area contributed by atoms with Crippen LogP contribution in [0, 0.1) is 0 Å². The van der Waals surface area contributed by atoms with Gasteiger partial charge in [0.25, 0.3) is 0 Å². The fourth-order valence-corrected chi connectivity index (χ4v) is 3.97. The molecule has 1 atom stereocenters. The maximum absolute atomic E-state index is 12.5. The molecule has 30 heavy (non-hydrogen) atoms. The molecule has 5 rings (SSSR count). The van der Waals surface area contributed by atoms with Crippen molar-refractivity contribution >= 4 is 11.7 Å². The molecule has 2 aliphatic rings. The van der Waals surface area contributed by atoms with Gasteiger partial charge in [0.15, 0.2) is 23.0 Å². The van der Waals surface area contributed by atoms with Gasteiger partial charge < -0.3 is 24.3 Å². The number of carbonyl (C=O) groups is 1. The van der Waals surface area contributed by atoms with Gasteiger partial charge in [0.05, 0.1) is 27.0 Å². The second-order valence-electron chi connectivity index (χ2n) is 7.21. The maximum atomic E-state index is 12.5. The molecule has 0 saturated heterocycles. The molecule has 0 bridgehead atoms. The fraction of sp³-hybridized carbons (Fsp3) is 0.273. The number of benzene rings is 2. The first-order chi connectivity index (χ1) is 14.7. The Morgan fingerprint density at radius 3 is 2.77 bits per heavy atom. The minimum Gasteiger partial charge on any atom is -0.493 e. The van der Waals surface area contributed by atoms with Crippen LogP contribution >= 0.6 is 0 Å². The van der Waals surface area contributed by atoms with Gasteiger partial charge in [0.2, 0.25) is 12.7 Å². The summed E-state index contributed by atoms with van der Waals surface area (Å²) in [5.41, 5.74) is 2.96. The highest BCUT2D eigenvalue weighted by Crippen LogP contribution is 2.40. The van der Waals surface area contributed by atoms with E-state index in [1.807, 2.05) is 42.6 Å². The molecular formula is C22H21N3O5. The van der Waals surface area contributed by atoms with E-state index < -0.39 is 0 Å². The molecule has 1 unspecified atom stereocenters. The predicted molar refractivity (Wildman–Crippen MR) is 109 cm³/mol. The van der Waals surface area contributed by atoms with E-state index in [0.29, 0.717) is 30.3 Å². The second-order valence-corrected chi connectivity index (χ2v) is 7.21. The molecule has 0 fully saturated rings. The number of nitrogens with one attached hydrogen (secondary N) is 1. The van der Waals surface area contributed by atoms with E-state index in [2.05, 4.69) is 10.4 Å². The third-order valence-electron chi connectivity index (χ3n) is 5.47. The number of fused-ring (bicyclic) bond motifs is 2. The summed E-state index contributed by atoms with van der Waals surface area (Å²) in [5, 5.41) is 7.53. The third kappa shape index (κ3) is 3.10. The van der Waals surface area contributed by atoms with Gasteiger partial charge in [-0.1, -0.05) is 12.1 Å². The molecule has 1 N–H and O–H groups in total. The van der Waals surface area contributed by atoms with Crippen LogP contribution in [-0.4, -0.2) is 36.7 Å². The minimum absolute atomic E-state index is 0.0466. The molecule has 1 aromatic heterocycles. The molecule has 1 amide bonds. The van der Waals surface area contributed by atoms with E-state index in [1.54, 1.807) is 18.9 Å². The number of hydrogen-bond donors (Lipinski definition) is 1. The maximum Gasteiger partial charge on any atom is 0.231 e. The molecule has 0 aliphatic carbocycles. The summed E-state index contributed by atoms with van der Waals surface area (Å²) >= 11 is 0. The van der Waals surface area contributed by atoms with Gasteiger partial charge >= 0.3 is 0 Å². The molecule has 8 nitrogen and oxygen atoms in total. The normalized spacial score (nSPS) is 16.7. The Balaban J connectivity index is 1.48. The lowest BCUT2D eigenvalue weighted by molar-refractivity contribution is -0.116. The Kier molecular flexibility index (Phi) is 4.46. The number of nitrogens with zero attached hydrogens (tertiary/aromatic N) is 2. The molecule has 0 saturated carbocycles. The molecule has 2 aromatic carbocycles. The van der Waals surface area contributed by atoms with Crippen LogP contribution in [0.4, 0.5) is 5.82 Å². The first-order valence-electron chi connectivity index (χ1n) is 9.62. The molecule has 0 radical (unpaired) electrons. The summed E-state index contributed by atoms with van der Waals surface area (Å²) in [7, 11) is 3.20. The smallest absolute Gasteiger partial charge is 0.231 e. The average molecular weight is 407 g/mol. The SMILES string of the molecule is COc1ccc(C2CC(=O)Nc3c2cnn3Cc2ccc3c(c2)OCO3)cc1OC. The van der Waals surface area contributed by atoms with Crippen molar-refractivity contribution in [3.63, 3.8) is 0 Å². The summed E-state index contributed by atoms with van der Waals surface area (Å²) in [6.45, 7) is 0.740. The molecule has 8 heteroatoms. The Hall–Kier alpha value is -3.68. The van der Waals surface area contributed by atoms with Crippen LogP contribution < -0.4 is 24.3 Å². The molecule has 3 heterocycles. The summed E-state index contributed by atoms with van der Waals surface area (Å²) in [6.07, 6.45) is 2.17. The van der Waals surface area contributed by atoms with Crippen molar-refractivity contribution in [2.24, 2.45) is 0 Å². The van der Waals surface area contributed by atoms with Gasteiger partial charge in [0.1, 0.15) is 5.82 Å². The highest BCUT2D eigenvalue weighted by molar-refractivity contribution is 5.94. The van der Waals surface area contributed by atoms with Crippen LogP contribution in [0.1, 0.15) is 29.0 Å².